The third-order valence-corrected chi connectivity index (χ3v) is 14.1. The van der Waals surface area contributed by atoms with Crippen LogP contribution < -0.4 is 14.4 Å². The van der Waals surface area contributed by atoms with Crippen molar-refractivity contribution in [2.45, 2.75) is 82.8 Å². The molecule has 4 heterocycles. The molecule has 1 amide bonds. The maximum atomic E-state index is 13.6. The van der Waals surface area contributed by atoms with Crippen molar-refractivity contribution in [3.63, 3.8) is 0 Å². The lowest BCUT2D eigenvalue weighted by molar-refractivity contribution is -0.0932. The monoisotopic (exact) mass is 747 g/mol. The lowest BCUT2D eigenvalue weighted by Crippen LogP contribution is -2.56. The predicted molar refractivity (Wildman–Crippen MR) is 203 cm³/mol. The molecule has 5 atom stereocenters. The topological polar surface area (TPSA) is 114 Å². The van der Waals surface area contributed by atoms with Crippen molar-refractivity contribution in [2.75, 3.05) is 38.2 Å². The zero-order valence-corrected chi connectivity index (χ0v) is 32.0. The second-order valence-corrected chi connectivity index (χ2v) is 17.6. The Morgan fingerprint density at radius 3 is 2.73 bits per heavy atom. The van der Waals surface area contributed by atoms with E-state index in [4.69, 9.17) is 21.1 Å². The Labute approximate surface area is 313 Å². The quantitative estimate of drug-likeness (QED) is 0.306. The fraction of sp³-hybridized carbons (Fsp3) is 0.525. The van der Waals surface area contributed by atoms with Gasteiger partial charge in [0, 0.05) is 56.6 Å². The number of nitrogens with one attached hydrogen (secondary N) is 1. The maximum absolute atomic E-state index is 13.6. The number of fused-ring (bicyclic) bond motifs is 4. The Hall–Kier alpha value is -3.51. The summed E-state index contributed by atoms with van der Waals surface area (Å²) in [4.78, 5) is 27.2. The number of benzene rings is 2. The molecule has 7 rings (SSSR count). The average Bonchev–Trinajstić information content (AvgIpc) is 3.15. The molecule has 3 aromatic rings. The number of carbonyl (C=O) groups excluding carboxylic acids is 1. The number of allylic oxidation sites excluding steroid dienone is 1. The van der Waals surface area contributed by atoms with Gasteiger partial charge in [0.2, 0.25) is 10.0 Å². The molecule has 0 saturated heterocycles. The van der Waals surface area contributed by atoms with Gasteiger partial charge in [0.15, 0.2) is 0 Å². The molecule has 1 aromatic heterocycles. The van der Waals surface area contributed by atoms with Crippen molar-refractivity contribution in [3.8, 4) is 5.75 Å². The van der Waals surface area contributed by atoms with Gasteiger partial charge >= 0.3 is 0 Å². The molecule has 1 aliphatic carbocycles. The molecular weight excluding hydrogens is 698 g/mol. The number of methoxy groups -OCH3 is 1. The van der Waals surface area contributed by atoms with Crippen molar-refractivity contribution in [1.82, 2.24) is 19.6 Å². The normalized spacial score (nSPS) is 28.8. The second kappa shape index (κ2) is 15.5. The van der Waals surface area contributed by atoms with E-state index in [0.29, 0.717) is 36.3 Å². The van der Waals surface area contributed by atoms with Gasteiger partial charge in [0.1, 0.15) is 24.3 Å². The highest BCUT2D eigenvalue weighted by molar-refractivity contribution is 7.90. The van der Waals surface area contributed by atoms with Crippen molar-refractivity contribution >= 4 is 33.2 Å². The first-order chi connectivity index (χ1) is 25.0. The van der Waals surface area contributed by atoms with E-state index in [1.54, 1.807) is 19.3 Å². The Balaban J connectivity index is 1.26. The summed E-state index contributed by atoms with van der Waals surface area (Å²) < 4.78 is 42.7. The molecule has 2 bridgehead atoms. The molecular formula is C40H50ClN5O5S. The SMILES string of the molecule is CO[C@@]1(CN2CCc3cncnc3C2)/C=C/C[C@H](C)[C@@H](C)S(=O)(=O)NC(=O)c2ccc3c(c2)N(CCCCc2cc(Cl)ccc2CO3)C[C@@H]2CC[C@H]21. The summed E-state index contributed by atoms with van der Waals surface area (Å²) in [5, 5.41) is -0.0860. The van der Waals surface area contributed by atoms with Gasteiger partial charge in [-0.3, -0.25) is 9.69 Å². The highest BCUT2D eigenvalue weighted by Crippen LogP contribution is 2.47. The van der Waals surface area contributed by atoms with Crippen molar-refractivity contribution < 1.29 is 22.7 Å². The summed E-state index contributed by atoms with van der Waals surface area (Å²) in [5.74, 6) is 0.333. The first-order valence-electron chi connectivity index (χ1n) is 18.6. The average molecular weight is 748 g/mol. The van der Waals surface area contributed by atoms with E-state index in [-0.39, 0.29) is 17.4 Å². The minimum Gasteiger partial charge on any atom is -0.487 e. The van der Waals surface area contributed by atoms with E-state index < -0.39 is 26.8 Å². The zero-order chi connectivity index (χ0) is 36.5. The van der Waals surface area contributed by atoms with Gasteiger partial charge in [0.25, 0.3) is 5.91 Å². The van der Waals surface area contributed by atoms with Crippen LogP contribution in [-0.4, -0.2) is 73.3 Å². The maximum Gasteiger partial charge on any atom is 0.264 e. The number of rotatable bonds is 3. The number of ether oxygens (including phenoxy) is 2. The van der Waals surface area contributed by atoms with Gasteiger partial charge in [-0.25, -0.2) is 23.1 Å². The summed E-state index contributed by atoms with van der Waals surface area (Å²) in [6, 6.07) is 11.2. The number of hydrogen-bond donors (Lipinski definition) is 1. The Bertz CT molecular complexity index is 1920. The smallest absolute Gasteiger partial charge is 0.264 e. The molecule has 10 nitrogen and oxygen atoms in total. The van der Waals surface area contributed by atoms with Gasteiger partial charge in [-0.15, -0.1) is 0 Å². The van der Waals surface area contributed by atoms with Crippen LogP contribution in [0, 0.1) is 17.8 Å². The Kier molecular flexibility index (Phi) is 10.9. The molecule has 278 valence electrons. The lowest BCUT2D eigenvalue weighted by atomic mass is 9.63. The van der Waals surface area contributed by atoms with E-state index in [1.807, 2.05) is 50.6 Å². The van der Waals surface area contributed by atoms with Crippen LogP contribution in [0.2, 0.25) is 5.02 Å². The minimum atomic E-state index is -3.97. The molecule has 1 N–H and O–H groups in total. The summed E-state index contributed by atoms with van der Waals surface area (Å²) >= 11 is 6.40. The van der Waals surface area contributed by atoms with Gasteiger partial charge in [-0.2, -0.15) is 0 Å². The Morgan fingerprint density at radius 2 is 1.92 bits per heavy atom. The zero-order valence-electron chi connectivity index (χ0n) is 30.4. The van der Waals surface area contributed by atoms with Crippen LogP contribution in [0.4, 0.5) is 5.69 Å². The molecule has 2 aromatic carbocycles. The van der Waals surface area contributed by atoms with Crippen molar-refractivity contribution in [2.24, 2.45) is 17.8 Å². The number of anilines is 1. The second-order valence-electron chi connectivity index (χ2n) is 15.1. The molecule has 12 heteroatoms. The van der Waals surface area contributed by atoms with Crippen LogP contribution in [0.15, 0.2) is 61.1 Å². The standard InChI is InChI=1S/C40H50ClN5O5S/c1-27-7-6-16-40(50-3,25-45-18-15-31-21-42-26-43-36(31)23-45)35-13-10-32(35)22-46-17-5-4-8-29-19-34(41)12-9-33(29)24-51-38-14-11-30(20-37(38)46)39(47)44-52(48,49)28(27)2/h6,9,11-12,14,16,19-21,26-28,32,35H,4-5,7-8,10,13,15,17-18,22-25H2,1-3H3,(H,44,47)/b16-6+/t27-,28+,32-,35+,40+/m0/s1. The van der Waals surface area contributed by atoms with Crippen LogP contribution in [0.1, 0.15) is 78.7 Å². The van der Waals surface area contributed by atoms with E-state index in [9.17, 15) is 13.2 Å². The predicted octanol–water partition coefficient (Wildman–Crippen LogP) is 6.37. The van der Waals surface area contributed by atoms with Gasteiger partial charge in [-0.1, -0.05) is 36.7 Å². The summed E-state index contributed by atoms with van der Waals surface area (Å²) in [6.45, 7) is 7.78. The number of nitrogens with zero attached hydrogens (tertiary/aromatic N) is 4. The van der Waals surface area contributed by atoms with E-state index in [2.05, 4.69) is 36.6 Å². The molecule has 0 radical (unpaired) electrons. The Morgan fingerprint density at radius 1 is 1.06 bits per heavy atom. The highest BCUT2D eigenvalue weighted by atomic mass is 35.5. The van der Waals surface area contributed by atoms with E-state index in [1.165, 1.54) is 11.1 Å². The summed E-state index contributed by atoms with van der Waals surface area (Å²) in [5.41, 5.74) is 5.02. The fourth-order valence-corrected chi connectivity index (χ4v) is 9.90. The lowest BCUT2D eigenvalue weighted by Gasteiger charge is -2.51. The summed E-state index contributed by atoms with van der Waals surface area (Å²) in [6.07, 6.45) is 14.1. The van der Waals surface area contributed by atoms with Crippen LogP contribution in [-0.2, 0) is 40.8 Å². The van der Waals surface area contributed by atoms with Crippen LogP contribution >= 0.6 is 11.6 Å². The first kappa shape index (κ1) is 36.8. The van der Waals surface area contributed by atoms with Crippen LogP contribution in [0.25, 0.3) is 0 Å². The molecule has 1 saturated carbocycles. The van der Waals surface area contributed by atoms with Crippen LogP contribution in [0.5, 0.6) is 5.75 Å². The molecule has 3 aliphatic heterocycles. The molecule has 0 unspecified atom stereocenters. The van der Waals surface area contributed by atoms with Gasteiger partial charge in [-0.05, 0) is 117 Å². The van der Waals surface area contributed by atoms with E-state index in [0.717, 1.165) is 81.6 Å². The highest BCUT2D eigenvalue weighted by Gasteiger charge is 2.48. The minimum absolute atomic E-state index is 0.227. The number of aryl methyl sites for hydroxylation is 1. The van der Waals surface area contributed by atoms with Gasteiger partial charge in [0.05, 0.1) is 16.6 Å². The number of aromatic nitrogens is 2. The number of amides is 1. The third-order valence-electron chi connectivity index (χ3n) is 12.0. The van der Waals surface area contributed by atoms with Crippen molar-refractivity contribution in [1.29, 1.82) is 0 Å². The largest absolute Gasteiger partial charge is 0.487 e. The van der Waals surface area contributed by atoms with Crippen LogP contribution in [0.3, 0.4) is 0 Å². The fourth-order valence-electron chi connectivity index (χ4n) is 8.42. The van der Waals surface area contributed by atoms with Gasteiger partial charge < -0.3 is 14.4 Å². The molecule has 0 spiro atoms. The number of sulfonamides is 1. The molecule has 52 heavy (non-hydrogen) atoms. The van der Waals surface area contributed by atoms with Crippen molar-refractivity contribution in [3.05, 3.63) is 94.0 Å². The summed E-state index contributed by atoms with van der Waals surface area (Å²) in [7, 11) is -2.15. The third kappa shape index (κ3) is 7.74. The van der Waals surface area contributed by atoms with E-state index >= 15 is 0 Å². The molecule has 4 aliphatic rings. The number of halogens is 1. The first-order valence-corrected chi connectivity index (χ1v) is 20.6. The molecule has 1 fully saturated rings. The number of carbonyl (C=O) groups is 1. The number of hydrogen-bond acceptors (Lipinski definition) is 9.